The van der Waals surface area contributed by atoms with Crippen LogP contribution in [0.4, 0.5) is 0 Å². The number of nitrogens with zero attached hydrogens (tertiary/aromatic N) is 1. The number of carbonyl (C=O) groups is 7. The number of nitrogens with one attached hydrogen (secondary N) is 4. The molecule has 0 saturated heterocycles. The quantitative estimate of drug-likeness (QED) is 0.0870. The molecule has 0 fully saturated rings. The molecule has 3 atom stereocenters. The monoisotopic (exact) mass is 514 g/mol. The van der Waals surface area contributed by atoms with Gasteiger partial charge in [-0.25, -0.2) is 9.59 Å². The van der Waals surface area contributed by atoms with Gasteiger partial charge in [-0.15, -0.1) is 0 Å². The van der Waals surface area contributed by atoms with Gasteiger partial charge in [-0.2, -0.15) is 0 Å². The molecule has 0 aliphatic heterocycles. The maximum atomic E-state index is 12.7. The van der Waals surface area contributed by atoms with Crippen molar-refractivity contribution in [2.75, 3.05) is 27.2 Å². The molecule has 0 aromatic heterocycles. The van der Waals surface area contributed by atoms with Crippen LogP contribution in [0.5, 0.6) is 0 Å². The number of carboxylic acids is 2. The summed E-state index contributed by atoms with van der Waals surface area (Å²) in [5.41, 5.74) is 5.26. The number of aliphatic carboxylic acids is 2. The topological polar surface area (TPSA) is 249 Å². The van der Waals surface area contributed by atoms with Crippen molar-refractivity contribution in [3.63, 3.8) is 0 Å². The van der Waals surface area contributed by atoms with Gasteiger partial charge in [0.05, 0.1) is 19.3 Å². The molecule has 15 nitrogen and oxygen atoms in total. The second kappa shape index (κ2) is 16.8. The molecule has 0 aliphatic rings. The van der Waals surface area contributed by atoms with Crippen LogP contribution in [0.3, 0.4) is 0 Å². The first kappa shape index (κ1) is 32.3. The molecule has 8 N–H and O–H groups in total. The van der Waals surface area contributed by atoms with Crippen molar-refractivity contribution < 1.29 is 43.8 Å². The maximum Gasteiger partial charge on any atom is 0.326 e. The summed E-state index contributed by atoms with van der Waals surface area (Å²) < 4.78 is 0. The largest absolute Gasteiger partial charge is 0.480 e. The molecule has 0 saturated carbocycles. The number of carboxylic acid groups (broad SMARTS) is 2. The lowest BCUT2D eigenvalue weighted by Crippen LogP contribution is -2.52. The highest BCUT2D eigenvalue weighted by molar-refractivity contribution is 6.26. The summed E-state index contributed by atoms with van der Waals surface area (Å²) in [4.78, 5) is 84.2. The SMILES string of the molecule is CN(C)CC(=O)NC(CCC(=O)NC(CCC(=O)CN)C(=O)NC(CCC(=O)C=N)C(=O)O)C(=O)O. The van der Waals surface area contributed by atoms with Crippen LogP contribution < -0.4 is 21.7 Å². The molecular formula is C21H34N6O9. The van der Waals surface area contributed by atoms with Gasteiger partial charge in [-0.3, -0.25) is 24.0 Å². The number of Topliss-reactive ketones (excluding diaryl/α,β-unsaturated/α-hetero) is 2. The van der Waals surface area contributed by atoms with Gasteiger partial charge < -0.3 is 42.2 Å². The summed E-state index contributed by atoms with van der Waals surface area (Å²) in [6, 6.07) is -4.20. The summed E-state index contributed by atoms with van der Waals surface area (Å²) in [7, 11) is 3.23. The van der Waals surface area contributed by atoms with E-state index >= 15 is 0 Å². The Balaban J connectivity index is 5.27. The Labute approximate surface area is 207 Å². The first-order chi connectivity index (χ1) is 16.8. The molecule has 3 unspecified atom stereocenters. The number of rotatable bonds is 19. The van der Waals surface area contributed by atoms with E-state index in [1.165, 1.54) is 4.90 Å². The van der Waals surface area contributed by atoms with Crippen LogP contribution in [-0.4, -0.2) is 108 Å². The number of nitrogens with two attached hydrogens (primary N) is 1. The predicted octanol–water partition coefficient (Wildman–Crippen LogP) is -2.74. The second-order valence-electron chi connectivity index (χ2n) is 8.19. The van der Waals surface area contributed by atoms with Gasteiger partial charge in [0.2, 0.25) is 17.7 Å². The van der Waals surface area contributed by atoms with Gasteiger partial charge in [-0.05, 0) is 33.4 Å². The highest BCUT2D eigenvalue weighted by Gasteiger charge is 2.28. The van der Waals surface area contributed by atoms with E-state index in [9.17, 15) is 43.8 Å². The number of likely N-dealkylation sites (N-methyl/N-ethyl adjacent to an activating group) is 1. The van der Waals surface area contributed by atoms with Gasteiger partial charge >= 0.3 is 11.9 Å². The lowest BCUT2D eigenvalue weighted by atomic mass is 10.0. The molecule has 36 heavy (non-hydrogen) atoms. The summed E-state index contributed by atoms with van der Waals surface area (Å²) in [5.74, 6) is -6.12. The molecule has 0 aliphatic carbocycles. The van der Waals surface area contributed by atoms with Crippen molar-refractivity contribution in [3.8, 4) is 0 Å². The zero-order valence-corrected chi connectivity index (χ0v) is 20.2. The van der Waals surface area contributed by atoms with Gasteiger partial charge in [-0.1, -0.05) is 0 Å². The summed E-state index contributed by atoms with van der Waals surface area (Å²) in [6.07, 6.45) is -1.18. The van der Waals surface area contributed by atoms with Crippen molar-refractivity contribution in [1.29, 1.82) is 5.41 Å². The zero-order valence-electron chi connectivity index (χ0n) is 20.2. The lowest BCUT2D eigenvalue weighted by molar-refractivity contribution is -0.142. The minimum Gasteiger partial charge on any atom is -0.480 e. The predicted molar refractivity (Wildman–Crippen MR) is 125 cm³/mol. The Morgan fingerprint density at radius 1 is 0.806 bits per heavy atom. The van der Waals surface area contributed by atoms with Crippen LogP contribution in [0, 0.1) is 5.41 Å². The van der Waals surface area contributed by atoms with E-state index < -0.39 is 65.8 Å². The third-order valence-electron chi connectivity index (χ3n) is 4.80. The third-order valence-corrected chi connectivity index (χ3v) is 4.80. The smallest absolute Gasteiger partial charge is 0.326 e. The van der Waals surface area contributed by atoms with Crippen LogP contribution in [-0.2, 0) is 33.6 Å². The maximum absolute atomic E-state index is 12.7. The molecule has 15 heteroatoms. The number of hydrogen-bond acceptors (Lipinski definition) is 10. The van der Waals surface area contributed by atoms with E-state index in [-0.39, 0.29) is 45.2 Å². The molecular weight excluding hydrogens is 480 g/mol. The number of carbonyl (C=O) groups excluding carboxylic acids is 5. The van der Waals surface area contributed by atoms with Crippen LogP contribution >= 0.6 is 0 Å². The Kier molecular flexibility index (Phi) is 15.1. The van der Waals surface area contributed by atoms with Crippen molar-refractivity contribution in [2.45, 2.75) is 56.7 Å². The van der Waals surface area contributed by atoms with Crippen molar-refractivity contribution in [3.05, 3.63) is 0 Å². The number of ketones is 2. The van der Waals surface area contributed by atoms with Gasteiger partial charge in [0.1, 0.15) is 23.9 Å². The number of amides is 3. The standard InChI is InChI=1S/C21H34N6O9/c1-27(2)11-18(31)25-15(20(33)34)7-8-17(30)24-14(5-3-12(28)9-22)19(32)26-16(21(35)36)6-4-13(29)10-23/h10,14-16,23H,3-9,11,22H2,1-2H3,(H,24,30)(H,25,31)(H,26,32)(H,33,34)(H,35,36). The minimum absolute atomic E-state index is 0.0659. The van der Waals surface area contributed by atoms with Crippen molar-refractivity contribution in [2.24, 2.45) is 5.73 Å². The average Bonchev–Trinajstić information content (AvgIpc) is 2.80. The first-order valence-electron chi connectivity index (χ1n) is 11.0. The Morgan fingerprint density at radius 2 is 1.31 bits per heavy atom. The van der Waals surface area contributed by atoms with Crippen LogP contribution in [0.15, 0.2) is 0 Å². The molecule has 202 valence electrons. The van der Waals surface area contributed by atoms with E-state index in [4.69, 9.17) is 11.1 Å². The Bertz CT molecular complexity index is 846. The Hall–Kier alpha value is -3.72. The molecule has 0 rings (SSSR count). The lowest BCUT2D eigenvalue weighted by Gasteiger charge is -2.22. The molecule has 0 heterocycles. The van der Waals surface area contributed by atoms with E-state index in [1.54, 1.807) is 14.1 Å². The average molecular weight is 515 g/mol. The fourth-order valence-corrected chi connectivity index (χ4v) is 2.89. The second-order valence-corrected chi connectivity index (χ2v) is 8.19. The molecule has 0 aromatic rings. The third kappa shape index (κ3) is 13.9. The highest BCUT2D eigenvalue weighted by Crippen LogP contribution is 2.05. The van der Waals surface area contributed by atoms with Gasteiger partial charge in [0, 0.05) is 19.3 Å². The van der Waals surface area contributed by atoms with E-state index in [0.29, 0.717) is 6.21 Å². The summed E-state index contributed by atoms with van der Waals surface area (Å²) in [5, 5.41) is 32.3. The molecule has 0 spiro atoms. The Morgan fingerprint density at radius 3 is 1.81 bits per heavy atom. The summed E-state index contributed by atoms with van der Waals surface area (Å²) in [6.45, 7) is -0.373. The van der Waals surface area contributed by atoms with Crippen molar-refractivity contribution in [1.82, 2.24) is 20.9 Å². The van der Waals surface area contributed by atoms with E-state index in [2.05, 4.69) is 16.0 Å². The molecule has 0 radical (unpaired) electrons. The molecule has 0 aromatic carbocycles. The fourth-order valence-electron chi connectivity index (χ4n) is 2.89. The zero-order chi connectivity index (χ0) is 27.8. The van der Waals surface area contributed by atoms with Crippen molar-refractivity contribution >= 4 is 47.4 Å². The van der Waals surface area contributed by atoms with Crippen LogP contribution in [0.1, 0.15) is 38.5 Å². The van der Waals surface area contributed by atoms with E-state index in [0.717, 1.165) is 0 Å². The summed E-state index contributed by atoms with van der Waals surface area (Å²) >= 11 is 0. The first-order valence-corrected chi connectivity index (χ1v) is 11.0. The fraction of sp³-hybridized carbons (Fsp3) is 0.619. The van der Waals surface area contributed by atoms with Crippen LogP contribution in [0.2, 0.25) is 0 Å². The van der Waals surface area contributed by atoms with Gasteiger partial charge in [0.25, 0.3) is 0 Å². The van der Waals surface area contributed by atoms with E-state index in [1.807, 2.05) is 0 Å². The minimum atomic E-state index is -1.49. The normalized spacial score (nSPS) is 13.1. The van der Waals surface area contributed by atoms with Crippen LogP contribution in [0.25, 0.3) is 0 Å². The molecule has 0 bridgehead atoms. The highest BCUT2D eigenvalue weighted by atomic mass is 16.4. The van der Waals surface area contributed by atoms with Gasteiger partial charge in [0.15, 0.2) is 5.78 Å². The number of hydrogen-bond donors (Lipinski definition) is 7. The molecule has 3 amide bonds.